The molecule has 1 aliphatic carbocycles. The molecule has 2 atom stereocenters. The SMILES string of the molecule is CC(=O)Nc1ccc(NC(=O)C2CC2C(=O)Nc2ccc(F)cc2F)cc1. The summed E-state index contributed by atoms with van der Waals surface area (Å²) >= 11 is 0. The maximum absolute atomic E-state index is 13.6. The van der Waals surface area contributed by atoms with Crippen LogP contribution in [0.4, 0.5) is 25.8 Å². The highest BCUT2D eigenvalue weighted by atomic mass is 19.1. The highest BCUT2D eigenvalue weighted by molar-refractivity contribution is 6.03. The van der Waals surface area contributed by atoms with Crippen molar-refractivity contribution in [3.8, 4) is 0 Å². The first-order chi connectivity index (χ1) is 12.8. The molecule has 140 valence electrons. The van der Waals surface area contributed by atoms with Gasteiger partial charge in [-0.1, -0.05) is 0 Å². The fraction of sp³-hybridized carbons (Fsp3) is 0.211. The zero-order chi connectivity index (χ0) is 19.6. The van der Waals surface area contributed by atoms with Crippen LogP contribution < -0.4 is 16.0 Å². The van der Waals surface area contributed by atoms with Gasteiger partial charge in [-0.25, -0.2) is 8.78 Å². The standard InChI is InChI=1S/C19H17F2N3O3/c1-10(25)22-12-3-5-13(6-4-12)23-18(26)14-9-15(14)19(27)24-17-7-2-11(20)8-16(17)21/h2-8,14-15H,9H2,1H3,(H,22,25)(H,23,26)(H,24,27). The van der Waals surface area contributed by atoms with Crippen molar-refractivity contribution in [2.45, 2.75) is 13.3 Å². The molecular formula is C19H17F2N3O3. The van der Waals surface area contributed by atoms with E-state index in [1.54, 1.807) is 24.3 Å². The number of nitrogens with one attached hydrogen (secondary N) is 3. The van der Waals surface area contributed by atoms with Crippen molar-refractivity contribution in [3.63, 3.8) is 0 Å². The largest absolute Gasteiger partial charge is 0.326 e. The lowest BCUT2D eigenvalue weighted by atomic mass is 10.2. The average Bonchev–Trinajstić information content (AvgIpc) is 3.39. The van der Waals surface area contributed by atoms with Crippen LogP contribution in [0.5, 0.6) is 0 Å². The summed E-state index contributed by atoms with van der Waals surface area (Å²) in [5, 5.41) is 7.68. The zero-order valence-corrected chi connectivity index (χ0v) is 14.4. The van der Waals surface area contributed by atoms with Gasteiger partial charge in [-0.2, -0.15) is 0 Å². The van der Waals surface area contributed by atoms with Crippen molar-refractivity contribution >= 4 is 34.8 Å². The number of carbonyl (C=O) groups excluding carboxylic acids is 3. The van der Waals surface area contributed by atoms with E-state index in [1.165, 1.54) is 6.92 Å². The first-order valence-electron chi connectivity index (χ1n) is 8.28. The molecule has 0 aromatic heterocycles. The summed E-state index contributed by atoms with van der Waals surface area (Å²) in [4.78, 5) is 35.3. The number of carbonyl (C=O) groups is 3. The lowest BCUT2D eigenvalue weighted by Crippen LogP contribution is -2.21. The molecule has 0 radical (unpaired) electrons. The molecule has 3 N–H and O–H groups in total. The Kier molecular flexibility index (Phi) is 5.16. The van der Waals surface area contributed by atoms with Crippen LogP contribution in [-0.2, 0) is 14.4 Å². The second kappa shape index (κ2) is 7.53. The molecule has 0 bridgehead atoms. The summed E-state index contributed by atoms with van der Waals surface area (Å²) < 4.78 is 26.5. The van der Waals surface area contributed by atoms with Gasteiger partial charge in [0.05, 0.1) is 17.5 Å². The number of benzene rings is 2. The van der Waals surface area contributed by atoms with Gasteiger partial charge < -0.3 is 16.0 Å². The van der Waals surface area contributed by atoms with Gasteiger partial charge >= 0.3 is 0 Å². The van der Waals surface area contributed by atoms with E-state index in [1.807, 2.05) is 0 Å². The van der Waals surface area contributed by atoms with Crippen LogP contribution in [0.2, 0.25) is 0 Å². The van der Waals surface area contributed by atoms with Crippen LogP contribution in [0, 0.1) is 23.5 Å². The maximum Gasteiger partial charge on any atom is 0.228 e. The molecule has 27 heavy (non-hydrogen) atoms. The Hall–Kier alpha value is -3.29. The number of hydrogen-bond donors (Lipinski definition) is 3. The van der Waals surface area contributed by atoms with Crippen LogP contribution in [0.1, 0.15) is 13.3 Å². The molecule has 8 heteroatoms. The number of rotatable bonds is 5. The van der Waals surface area contributed by atoms with Crippen molar-refractivity contribution in [3.05, 3.63) is 54.1 Å². The summed E-state index contributed by atoms with van der Waals surface area (Å²) in [6.45, 7) is 1.39. The molecule has 0 heterocycles. The molecule has 6 nitrogen and oxygen atoms in total. The molecule has 0 saturated heterocycles. The Morgan fingerprint density at radius 1 is 0.852 bits per heavy atom. The third-order valence-corrected chi connectivity index (χ3v) is 4.13. The van der Waals surface area contributed by atoms with Crippen molar-refractivity contribution in [1.29, 1.82) is 0 Å². The van der Waals surface area contributed by atoms with E-state index in [-0.39, 0.29) is 17.5 Å². The minimum absolute atomic E-state index is 0.124. The smallest absolute Gasteiger partial charge is 0.228 e. The zero-order valence-electron chi connectivity index (χ0n) is 14.4. The lowest BCUT2D eigenvalue weighted by Gasteiger charge is -2.08. The second-order valence-corrected chi connectivity index (χ2v) is 6.31. The Morgan fingerprint density at radius 2 is 1.41 bits per heavy atom. The predicted molar refractivity (Wildman–Crippen MR) is 96.0 cm³/mol. The summed E-state index contributed by atoms with van der Waals surface area (Å²) in [6, 6.07) is 9.41. The van der Waals surface area contributed by atoms with Crippen molar-refractivity contribution in [2.24, 2.45) is 11.8 Å². The normalized spacial score (nSPS) is 17.7. The third kappa shape index (κ3) is 4.66. The van der Waals surface area contributed by atoms with Crippen LogP contribution in [0.15, 0.2) is 42.5 Å². The molecule has 1 aliphatic rings. The fourth-order valence-electron chi connectivity index (χ4n) is 2.67. The number of halogens is 2. The summed E-state index contributed by atoms with van der Waals surface area (Å²) in [7, 11) is 0. The fourth-order valence-corrected chi connectivity index (χ4v) is 2.67. The first-order valence-corrected chi connectivity index (χ1v) is 8.28. The van der Waals surface area contributed by atoms with E-state index in [4.69, 9.17) is 0 Å². The van der Waals surface area contributed by atoms with E-state index < -0.39 is 29.4 Å². The average molecular weight is 373 g/mol. The maximum atomic E-state index is 13.6. The minimum Gasteiger partial charge on any atom is -0.326 e. The van der Waals surface area contributed by atoms with Gasteiger partial charge in [0, 0.05) is 24.4 Å². The number of anilines is 3. The Morgan fingerprint density at radius 3 is 1.96 bits per heavy atom. The summed E-state index contributed by atoms with van der Waals surface area (Å²) in [6.07, 6.45) is 0.352. The van der Waals surface area contributed by atoms with E-state index >= 15 is 0 Å². The molecule has 0 spiro atoms. The van der Waals surface area contributed by atoms with Crippen LogP contribution >= 0.6 is 0 Å². The van der Waals surface area contributed by atoms with E-state index in [9.17, 15) is 23.2 Å². The Labute approximate surface area is 154 Å². The van der Waals surface area contributed by atoms with E-state index in [0.29, 0.717) is 23.9 Å². The third-order valence-electron chi connectivity index (χ3n) is 4.13. The van der Waals surface area contributed by atoms with E-state index in [0.717, 1.165) is 12.1 Å². The first kappa shape index (κ1) is 18.5. The van der Waals surface area contributed by atoms with E-state index in [2.05, 4.69) is 16.0 Å². The van der Waals surface area contributed by atoms with Crippen molar-refractivity contribution in [1.82, 2.24) is 0 Å². The molecule has 2 aromatic rings. The van der Waals surface area contributed by atoms with Crippen molar-refractivity contribution in [2.75, 3.05) is 16.0 Å². The topological polar surface area (TPSA) is 87.3 Å². The highest BCUT2D eigenvalue weighted by Gasteiger charge is 2.48. The summed E-state index contributed by atoms with van der Waals surface area (Å²) in [5.41, 5.74) is 1.01. The van der Waals surface area contributed by atoms with Crippen LogP contribution in [-0.4, -0.2) is 17.7 Å². The lowest BCUT2D eigenvalue weighted by molar-refractivity contribution is -0.122. The predicted octanol–water partition coefficient (Wildman–Crippen LogP) is 3.14. The molecule has 3 amide bonds. The Bertz CT molecular complexity index is 900. The van der Waals surface area contributed by atoms with Gasteiger partial charge in [0.2, 0.25) is 17.7 Å². The highest BCUT2D eigenvalue weighted by Crippen LogP contribution is 2.40. The Balaban J connectivity index is 1.53. The molecule has 0 aliphatic heterocycles. The van der Waals surface area contributed by atoms with Gasteiger partial charge in [-0.3, -0.25) is 14.4 Å². The molecule has 1 fully saturated rings. The molecular weight excluding hydrogens is 356 g/mol. The molecule has 3 rings (SSSR count). The monoisotopic (exact) mass is 373 g/mol. The quantitative estimate of drug-likeness (QED) is 0.752. The van der Waals surface area contributed by atoms with Crippen molar-refractivity contribution < 1.29 is 23.2 Å². The van der Waals surface area contributed by atoms with Gasteiger partial charge in [-0.15, -0.1) is 0 Å². The van der Waals surface area contributed by atoms with Gasteiger partial charge in [0.1, 0.15) is 11.6 Å². The summed E-state index contributed by atoms with van der Waals surface area (Å²) in [5.74, 6) is -3.68. The molecule has 2 aromatic carbocycles. The van der Waals surface area contributed by atoms with Crippen LogP contribution in [0.25, 0.3) is 0 Å². The van der Waals surface area contributed by atoms with Gasteiger partial charge in [0.15, 0.2) is 0 Å². The molecule has 2 unspecified atom stereocenters. The molecule has 1 saturated carbocycles. The van der Waals surface area contributed by atoms with Crippen LogP contribution in [0.3, 0.4) is 0 Å². The van der Waals surface area contributed by atoms with Gasteiger partial charge in [0.25, 0.3) is 0 Å². The number of hydrogen-bond acceptors (Lipinski definition) is 3. The second-order valence-electron chi connectivity index (χ2n) is 6.31. The minimum atomic E-state index is -0.871. The van der Waals surface area contributed by atoms with Gasteiger partial charge in [-0.05, 0) is 42.8 Å². The number of amides is 3.